The monoisotopic (exact) mass is 642 g/mol. The third kappa shape index (κ3) is 14.0. The average Bonchev–Trinajstić information content (AvgIpc) is 3.01. The smallest absolute Gasteiger partial charge is 0.121 e. The molecule has 0 aliphatic rings. The molecule has 0 radical (unpaired) electrons. The Hall–Kier alpha value is -1.26. The van der Waals surface area contributed by atoms with Crippen molar-refractivity contribution in [2.45, 2.75) is 180 Å². The van der Waals surface area contributed by atoms with Gasteiger partial charge in [-0.2, -0.15) is 0 Å². The zero-order chi connectivity index (χ0) is 32.2. The number of phenolic OH excluding ortho intramolecular Hbond substituents is 2. The molecular weight excluding hydrogens is 577 g/mol. The fourth-order valence-corrected chi connectivity index (χ4v) is 8.81. The van der Waals surface area contributed by atoms with Crippen LogP contribution in [0.15, 0.2) is 24.3 Å². The number of aromatic hydroxyl groups is 2. The summed E-state index contributed by atoms with van der Waals surface area (Å²) in [4.78, 5) is 0. The van der Waals surface area contributed by atoms with Gasteiger partial charge in [-0.25, -0.2) is 0 Å². The van der Waals surface area contributed by atoms with Crippen molar-refractivity contribution in [1.82, 2.24) is 0 Å². The summed E-state index contributed by atoms with van der Waals surface area (Å²) in [6.45, 7) is 13.2. The molecule has 0 aliphatic heterocycles. The summed E-state index contributed by atoms with van der Waals surface area (Å²) in [6.07, 6.45) is 22.8. The normalized spacial score (nSPS) is 13.0. The largest absolute Gasteiger partial charge is 0.507 e. The van der Waals surface area contributed by atoms with E-state index in [1.165, 1.54) is 112 Å². The van der Waals surface area contributed by atoms with Gasteiger partial charge in [-0.1, -0.05) is 163 Å². The van der Waals surface area contributed by atoms with Crippen LogP contribution in [0.3, 0.4) is 0 Å². The summed E-state index contributed by atoms with van der Waals surface area (Å²) in [5, 5.41) is 22.1. The number of hydrogen-bond acceptors (Lipinski definition) is 4. The number of hydrogen-bond donors (Lipinski definition) is 2. The molecule has 0 heterocycles. The van der Waals surface area contributed by atoms with Crippen molar-refractivity contribution in [1.29, 1.82) is 0 Å². The van der Waals surface area contributed by atoms with E-state index < -0.39 is 0 Å². The molecule has 2 rings (SSSR count). The molecule has 2 nitrogen and oxygen atoms in total. The minimum Gasteiger partial charge on any atom is -0.507 e. The summed E-state index contributed by atoms with van der Waals surface area (Å²) in [5.41, 5.74) is 7.01. The number of aryl methyl sites for hydroxylation is 2. The van der Waals surface area contributed by atoms with E-state index in [1.54, 1.807) is 0 Å². The molecule has 2 unspecified atom stereocenters. The molecule has 0 spiro atoms. The van der Waals surface area contributed by atoms with Crippen LogP contribution in [-0.4, -0.2) is 10.2 Å². The van der Waals surface area contributed by atoms with Crippen LogP contribution in [0.1, 0.15) is 188 Å². The lowest BCUT2D eigenvalue weighted by Crippen LogP contribution is -2.02. The maximum Gasteiger partial charge on any atom is 0.121 e. The molecule has 2 N–H and O–H groups in total. The molecule has 0 amide bonds. The highest BCUT2D eigenvalue weighted by molar-refractivity contribution is 8.76. The van der Waals surface area contributed by atoms with E-state index in [1.807, 2.05) is 21.6 Å². The Labute approximate surface area is 280 Å². The van der Waals surface area contributed by atoms with E-state index in [0.717, 1.165) is 48.3 Å². The fraction of sp³-hybridized carbons (Fsp3) is 0.700. The predicted molar refractivity (Wildman–Crippen MR) is 200 cm³/mol. The number of unbranched alkanes of at least 4 members (excludes halogenated alkanes) is 10. The zero-order valence-electron chi connectivity index (χ0n) is 29.3. The highest BCUT2D eigenvalue weighted by Crippen LogP contribution is 2.40. The molecule has 0 bridgehead atoms. The maximum atomic E-state index is 11.0. The van der Waals surface area contributed by atoms with Gasteiger partial charge < -0.3 is 10.2 Å². The van der Waals surface area contributed by atoms with Crippen LogP contribution in [-0.2, 0) is 11.5 Å². The number of rotatable bonds is 25. The van der Waals surface area contributed by atoms with Crippen molar-refractivity contribution in [2.24, 2.45) is 0 Å². The van der Waals surface area contributed by atoms with Gasteiger partial charge in [0.05, 0.1) is 0 Å². The molecule has 0 saturated carbocycles. The van der Waals surface area contributed by atoms with Crippen LogP contribution in [0.2, 0.25) is 0 Å². The van der Waals surface area contributed by atoms with Crippen molar-refractivity contribution in [2.75, 3.05) is 0 Å². The van der Waals surface area contributed by atoms with Crippen molar-refractivity contribution in [3.05, 3.63) is 57.6 Å². The molecule has 2 atom stereocenters. The minimum atomic E-state index is 0.452. The maximum absolute atomic E-state index is 11.0. The summed E-state index contributed by atoms with van der Waals surface area (Å²) in [5.74, 6) is 3.82. The van der Waals surface area contributed by atoms with Crippen molar-refractivity contribution < 1.29 is 10.2 Å². The Bertz CT molecular complexity index is 967. The molecule has 44 heavy (non-hydrogen) atoms. The van der Waals surface area contributed by atoms with E-state index in [4.69, 9.17) is 0 Å². The Morgan fingerprint density at radius 1 is 0.477 bits per heavy atom. The molecule has 2 aromatic rings. The molecule has 0 saturated heterocycles. The fourth-order valence-electron chi connectivity index (χ4n) is 6.73. The number of benzene rings is 2. The zero-order valence-corrected chi connectivity index (χ0v) is 31.0. The van der Waals surface area contributed by atoms with Gasteiger partial charge in [0, 0.05) is 11.5 Å². The van der Waals surface area contributed by atoms with E-state index in [2.05, 4.69) is 65.8 Å². The quantitative estimate of drug-likeness (QED) is 0.0835. The summed E-state index contributed by atoms with van der Waals surface area (Å²) in [6, 6.07) is 8.96. The van der Waals surface area contributed by atoms with Gasteiger partial charge in [-0.15, -0.1) is 0 Å². The van der Waals surface area contributed by atoms with Crippen LogP contribution in [0.5, 0.6) is 11.5 Å². The highest BCUT2D eigenvalue weighted by atomic mass is 33.1. The Balaban J connectivity index is 2.00. The van der Waals surface area contributed by atoms with Gasteiger partial charge in [-0.05, 0) is 84.7 Å². The van der Waals surface area contributed by atoms with Gasteiger partial charge in [0.25, 0.3) is 0 Å². The third-order valence-electron chi connectivity index (χ3n) is 9.28. The molecule has 250 valence electrons. The lowest BCUT2D eigenvalue weighted by atomic mass is 9.86. The van der Waals surface area contributed by atoms with Crippen LogP contribution in [0.25, 0.3) is 0 Å². The molecule has 2 aromatic carbocycles. The molecular formula is C40H66O2S2. The van der Waals surface area contributed by atoms with E-state index in [0.29, 0.717) is 23.3 Å². The van der Waals surface area contributed by atoms with Gasteiger partial charge in [0.15, 0.2) is 0 Å². The molecule has 0 fully saturated rings. The lowest BCUT2D eigenvalue weighted by molar-refractivity contribution is 0.441. The first-order valence-corrected chi connectivity index (χ1v) is 20.7. The number of phenols is 2. The predicted octanol–water partition coefficient (Wildman–Crippen LogP) is 14.1. The van der Waals surface area contributed by atoms with E-state index in [-0.39, 0.29) is 0 Å². The SMILES string of the molecule is CCCCCCCCC(CCC)c1cc(CSSCc2cc(C)c(O)c(C(CCC)CCCCCCCC)c2)cc(C)c1O. The van der Waals surface area contributed by atoms with Crippen LogP contribution in [0, 0.1) is 13.8 Å². The van der Waals surface area contributed by atoms with E-state index >= 15 is 0 Å². The minimum absolute atomic E-state index is 0.452. The molecule has 0 aromatic heterocycles. The topological polar surface area (TPSA) is 40.5 Å². The molecule has 0 aliphatic carbocycles. The summed E-state index contributed by atoms with van der Waals surface area (Å²) in [7, 11) is 3.82. The van der Waals surface area contributed by atoms with Crippen LogP contribution >= 0.6 is 21.6 Å². The Morgan fingerprint density at radius 3 is 1.20 bits per heavy atom. The first kappa shape index (κ1) is 38.9. The van der Waals surface area contributed by atoms with Crippen LogP contribution < -0.4 is 0 Å². The average molecular weight is 643 g/mol. The van der Waals surface area contributed by atoms with Gasteiger partial charge in [0.2, 0.25) is 0 Å². The first-order valence-electron chi connectivity index (χ1n) is 18.2. The first-order chi connectivity index (χ1) is 21.4. The second-order valence-corrected chi connectivity index (χ2v) is 15.8. The summed E-state index contributed by atoms with van der Waals surface area (Å²) < 4.78 is 0. The third-order valence-corrected chi connectivity index (χ3v) is 11.6. The Morgan fingerprint density at radius 2 is 0.841 bits per heavy atom. The second-order valence-electron chi connectivity index (χ2n) is 13.3. The van der Waals surface area contributed by atoms with Gasteiger partial charge in [-0.3, -0.25) is 0 Å². The van der Waals surface area contributed by atoms with Crippen LogP contribution in [0.4, 0.5) is 0 Å². The lowest BCUT2D eigenvalue weighted by Gasteiger charge is -2.21. The van der Waals surface area contributed by atoms with Gasteiger partial charge >= 0.3 is 0 Å². The van der Waals surface area contributed by atoms with Gasteiger partial charge in [0.1, 0.15) is 11.5 Å². The molecule has 4 heteroatoms. The van der Waals surface area contributed by atoms with Crippen molar-refractivity contribution in [3.8, 4) is 11.5 Å². The van der Waals surface area contributed by atoms with E-state index in [9.17, 15) is 10.2 Å². The highest BCUT2D eigenvalue weighted by Gasteiger charge is 2.19. The standard InChI is InChI=1S/C40H66O2S2/c1-7-11-13-15-17-19-23-35(21-9-3)37-27-33(25-31(5)39(37)41)29-43-44-30-34-26-32(6)40(42)38(28-34)36(22-10-4)24-20-18-16-14-12-8-2/h25-28,35-36,41-42H,7-24,29-30H2,1-6H3. The Kier molecular flexibility index (Phi) is 20.5. The van der Waals surface area contributed by atoms with Crippen molar-refractivity contribution >= 4 is 21.6 Å². The second kappa shape index (κ2) is 23.1. The summed E-state index contributed by atoms with van der Waals surface area (Å²) >= 11 is 0. The van der Waals surface area contributed by atoms with Crippen molar-refractivity contribution in [3.63, 3.8) is 0 Å².